The Labute approximate surface area is 347 Å². The molecule has 4 rings (SSSR count). The van der Waals surface area contributed by atoms with Crippen LogP contribution in [0.4, 0.5) is 0 Å². The number of unbranched alkanes of at least 4 members (excludes halogenated alkanes) is 1. The average Bonchev–Trinajstić information content (AvgIpc) is 3.55. The molecular weight excluding hydrogens is 709 g/mol. The predicted octanol–water partition coefficient (Wildman–Crippen LogP) is 10.2. The van der Waals surface area contributed by atoms with Crippen LogP contribution in [0.1, 0.15) is 150 Å². The fourth-order valence-electron chi connectivity index (χ4n) is 12.0. The first-order valence-corrected chi connectivity index (χ1v) is 23.3. The van der Waals surface area contributed by atoms with E-state index in [1.54, 1.807) is 0 Å². The molecule has 7 nitrogen and oxygen atoms in total. The molecule has 0 heterocycles. The molecule has 2 amide bonds. The summed E-state index contributed by atoms with van der Waals surface area (Å²) in [7, 11) is 0. The maximum absolute atomic E-state index is 12.8. The van der Waals surface area contributed by atoms with E-state index in [-0.39, 0.29) is 40.8 Å². The van der Waals surface area contributed by atoms with Gasteiger partial charge in [-0.2, -0.15) is 0 Å². The van der Waals surface area contributed by atoms with Crippen LogP contribution in [-0.4, -0.2) is 60.5 Å². The number of amides is 2. The third-order valence-electron chi connectivity index (χ3n) is 15.0. The van der Waals surface area contributed by atoms with E-state index in [0.29, 0.717) is 74.7 Å². The molecule has 4 N–H and O–H groups in total. The molecule has 0 aromatic rings. The second-order valence-electron chi connectivity index (χ2n) is 18.6. The molecule has 4 fully saturated rings. The van der Waals surface area contributed by atoms with E-state index >= 15 is 0 Å². The number of carbonyl (C=O) groups excluding carboxylic acids is 2. The Morgan fingerprint density at radius 3 is 1.89 bits per heavy atom. The number of fused-ring (bicyclic) bond motifs is 5. The summed E-state index contributed by atoms with van der Waals surface area (Å²) in [6, 6.07) is 0. The van der Waals surface area contributed by atoms with Crippen LogP contribution in [0.25, 0.3) is 0 Å². The summed E-state index contributed by atoms with van der Waals surface area (Å²) >= 11 is 0. The summed E-state index contributed by atoms with van der Waals surface area (Å²) < 4.78 is 5.68. The van der Waals surface area contributed by atoms with Gasteiger partial charge in [0.05, 0.1) is 25.4 Å². The van der Waals surface area contributed by atoms with Crippen molar-refractivity contribution < 1.29 is 24.5 Å². The van der Waals surface area contributed by atoms with Crippen LogP contribution in [0.5, 0.6) is 0 Å². The zero-order valence-corrected chi connectivity index (χ0v) is 36.6. The molecule has 4 aliphatic carbocycles. The quantitative estimate of drug-likeness (QED) is 0.0575. The van der Waals surface area contributed by atoms with Gasteiger partial charge in [0.25, 0.3) is 0 Å². The fourth-order valence-corrected chi connectivity index (χ4v) is 12.0. The smallest absolute Gasteiger partial charge is 0.220 e. The molecule has 322 valence electrons. The van der Waals surface area contributed by atoms with Crippen molar-refractivity contribution >= 4 is 11.8 Å². The molecular formula is C50H82N2O5. The summed E-state index contributed by atoms with van der Waals surface area (Å²) in [5, 5.41) is 28.5. The van der Waals surface area contributed by atoms with Crippen LogP contribution < -0.4 is 10.6 Å². The number of rotatable bonds is 24. The number of hydrogen-bond acceptors (Lipinski definition) is 5. The Bertz CT molecular complexity index is 1350. The third kappa shape index (κ3) is 13.5. The van der Waals surface area contributed by atoms with Crippen molar-refractivity contribution in [2.24, 2.45) is 52.3 Å². The summed E-state index contributed by atoms with van der Waals surface area (Å²) in [6.07, 6.45) is 38.7. The molecule has 11 atom stereocenters. The van der Waals surface area contributed by atoms with E-state index in [1.165, 1.54) is 25.7 Å². The maximum Gasteiger partial charge on any atom is 0.220 e. The number of hydrogen-bond donors (Lipinski definition) is 4. The van der Waals surface area contributed by atoms with Crippen LogP contribution in [0.3, 0.4) is 0 Å². The maximum atomic E-state index is 12.8. The predicted molar refractivity (Wildman–Crippen MR) is 235 cm³/mol. The van der Waals surface area contributed by atoms with Gasteiger partial charge in [-0.1, -0.05) is 102 Å². The van der Waals surface area contributed by atoms with Gasteiger partial charge >= 0.3 is 0 Å². The Morgan fingerprint density at radius 2 is 1.28 bits per heavy atom. The Balaban J connectivity index is 1.01. The Kier molecular flexibility index (Phi) is 20.3. The van der Waals surface area contributed by atoms with Crippen molar-refractivity contribution in [3.05, 3.63) is 60.8 Å². The van der Waals surface area contributed by atoms with Gasteiger partial charge in [-0.25, -0.2) is 0 Å². The van der Waals surface area contributed by atoms with Gasteiger partial charge in [0.1, 0.15) is 0 Å². The first kappa shape index (κ1) is 47.2. The molecule has 0 bridgehead atoms. The highest BCUT2D eigenvalue weighted by Gasteiger charge is 2.64. The Hall–Kier alpha value is -2.48. The monoisotopic (exact) mass is 791 g/mol. The first-order valence-electron chi connectivity index (χ1n) is 23.3. The lowest BCUT2D eigenvalue weighted by Gasteiger charge is -2.64. The van der Waals surface area contributed by atoms with Crippen LogP contribution >= 0.6 is 0 Å². The van der Waals surface area contributed by atoms with Crippen LogP contribution in [0, 0.1) is 52.3 Å². The largest absolute Gasteiger partial charge is 0.393 e. The number of aliphatic hydroxyl groups excluding tert-OH is 2. The van der Waals surface area contributed by atoms with E-state index in [1.807, 2.05) is 0 Å². The molecule has 0 aromatic carbocycles. The zero-order chi connectivity index (χ0) is 41.1. The van der Waals surface area contributed by atoms with E-state index in [4.69, 9.17) is 4.74 Å². The number of aliphatic hydroxyl groups is 2. The van der Waals surface area contributed by atoms with E-state index < -0.39 is 0 Å². The lowest BCUT2D eigenvalue weighted by atomic mass is 9.41. The van der Waals surface area contributed by atoms with E-state index in [9.17, 15) is 19.8 Å². The molecule has 7 heteroatoms. The number of allylic oxidation sites excluding steroid dienone is 10. The first-order chi connectivity index (χ1) is 27.6. The molecule has 0 spiro atoms. The summed E-state index contributed by atoms with van der Waals surface area (Å²) in [5.74, 6) is 3.35. The number of ether oxygens (including phenoxy) is 1. The average molecular weight is 791 g/mol. The summed E-state index contributed by atoms with van der Waals surface area (Å²) in [4.78, 5) is 25.0. The molecule has 0 aliphatic heterocycles. The van der Waals surface area contributed by atoms with E-state index in [2.05, 4.69) is 106 Å². The topological polar surface area (TPSA) is 108 Å². The molecule has 0 saturated heterocycles. The summed E-state index contributed by atoms with van der Waals surface area (Å²) in [5.41, 5.74) is 0.440. The number of carbonyl (C=O) groups is 2. The normalized spacial score (nSPS) is 33.3. The van der Waals surface area contributed by atoms with Crippen molar-refractivity contribution in [3.63, 3.8) is 0 Å². The standard InChI is InChI=1S/C50H82N2O5/c1-6-8-9-10-11-12-13-14-15-16-17-18-19-20-21-22-23-24-45(54)51-33-35-57-36-34-52-46(55)28-25-38(3)41-26-27-42-47-43(30-32-49(41,42)4)50(5)31-29-39(53)37-44(50)40(7-2)48(47)56/h8-9,11-12,14-15,17-18,20-21,38-44,47-48,53,56H,6-7,10,13,16,19,22-37H2,1-5H3,(H,51,54)(H,52,55)/t38-,39-,40-,41?,42+,43+,44+,47+,48-,49-,50-/m1/s1. The van der Waals surface area contributed by atoms with Gasteiger partial charge in [0, 0.05) is 25.9 Å². The van der Waals surface area contributed by atoms with Crippen molar-refractivity contribution in [2.45, 2.75) is 162 Å². The summed E-state index contributed by atoms with van der Waals surface area (Å²) in [6.45, 7) is 13.6. The minimum Gasteiger partial charge on any atom is -0.393 e. The number of nitrogens with one attached hydrogen (secondary N) is 2. The zero-order valence-electron chi connectivity index (χ0n) is 36.6. The van der Waals surface area contributed by atoms with Crippen molar-refractivity contribution in [3.8, 4) is 0 Å². The highest BCUT2D eigenvalue weighted by atomic mass is 16.5. The highest BCUT2D eigenvalue weighted by molar-refractivity contribution is 5.76. The second-order valence-corrected chi connectivity index (χ2v) is 18.6. The second kappa shape index (κ2) is 24.6. The van der Waals surface area contributed by atoms with Crippen LogP contribution in [-0.2, 0) is 14.3 Å². The van der Waals surface area contributed by atoms with Crippen molar-refractivity contribution in [1.29, 1.82) is 0 Å². The van der Waals surface area contributed by atoms with Gasteiger partial charge < -0.3 is 25.6 Å². The minimum absolute atomic E-state index is 0.0526. The molecule has 57 heavy (non-hydrogen) atoms. The van der Waals surface area contributed by atoms with Crippen molar-refractivity contribution in [1.82, 2.24) is 10.6 Å². The minimum atomic E-state index is -0.267. The highest BCUT2D eigenvalue weighted by Crippen LogP contribution is 2.69. The molecule has 0 radical (unpaired) electrons. The van der Waals surface area contributed by atoms with Gasteiger partial charge in [-0.05, 0) is 149 Å². The van der Waals surface area contributed by atoms with Gasteiger partial charge in [0.2, 0.25) is 11.8 Å². The SMILES string of the molecule is CCC=CCC=CCC=CCC=CCC=CCCCC(=O)NCCOCCNC(=O)CC[C@@H](C)C1CC[C@H]2[C@@H]3[C@H](O)[C@H](CC)[C@@H]4C[C@H](O)CC[C@]4(C)[C@H]3CC[C@]12C. The lowest BCUT2D eigenvalue weighted by Crippen LogP contribution is -2.62. The van der Waals surface area contributed by atoms with Crippen molar-refractivity contribution in [2.75, 3.05) is 26.3 Å². The Morgan fingerprint density at radius 1 is 0.719 bits per heavy atom. The lowest BCUT2D eigenvalue weighted by molar-refractivity contribution is -0.203. The third-order valence-corrected chi connectivity index (χ3v) is 15.0. The molecule has 4 aliphatic rings. The van der Waals surface area contributed by atoms with Gasteiger partial charge in [-0.3, -0.25) is 9.59 Å². The fraction of sp³-hybridized carbons (Fsp3) is 0.760. The molecule has 0 aromatic heterocycles. The van der Waals surface area contributed by atoms with Gasteiger partial charge in [-0.15, -0.1) is 0 Å². The van der Waals surface area contributed by atoms with Gasteiger partial charge in [0.15, 0.2) is 0 Å². The molecule has 4 saturated carbocycles. The molecule has 1 unspecified atom stereocenters. The van der Waals surface area contributed by atoms with E-state index in [0.717, 1.165) is 77.0 Å². The van der Waals surface area contributed by atoms with Crippen LogP contribution in [0.15, 0.2) is 60.8 Å². The van der Waals surface area contributed by atoms with Crippen LogP contribution in [0.2, 0.25) is 0 Å².